The van der Waals surface area contributed by atoms with E-state index in [-0.39, 0.29) is 5.91 Å². The fourth-order valence-electron chi connectivity index (χ4n) is 2.91. The zero-order chi connectivity index (χ0) is 16.4. The summed E-state index contributed by atoms with van der Waals surface area (Å²) in [5.74, 6) is -1.56. The van der Waals surface area contributed by atoms with Gasteiger partial charge in [0.25, 0.3) is 5.91 Å². The van der Waals surface area contributed by atoms with Crippen LogP contribution in [0.1, 0.15) is 46.3 Å². The lowest BCUT2D eigenvalue weighted by molar-refractivity contribution is -0.138. The molecule has 4 nitrogen and oxygen atoms in total. The van der Waals surface area contributed by atoms with E-state index in [4.69, 9.17) is 5.11 Å². The molecule has 0 fully saturated rings. The molecular formula is C19H19NO3. The van der Waals surface area contributed by atoms with Crippen LogP contribution >= 0.6 is 0 Å². The predicted molar refractivity (Wildman–Crippen MR) is 88.9 cm³/mol. The largest absolute Gasteiger partial charge is 0.481 e. The quantitative estimate of drug-likeness (QED) is 0.906. The number of hydrogen-bond donors (Lipinski definition) is 2. The highest BCUT2D eigenvalue weighted by Crippen LogP contribution is 2.23. The molecule has 3 rings (SSSR count). The Bertz CT molecular complexity index is 750. The predicted octanol–water partition coefficient (Wildman–Crippen LogP) is 3.62. The highest BCUT2D eigenvalue weighted by atomic mass is 16.4. The first-order valence-electron chi connectivity index (χ1n) is 7.80. The number of aliphatic carboxylic acids is 1. The molecule has 0 saturated heterocycles. The second-order valence-corrected chi connectivity index (χ2v) is 5.97. The molecule has 0 radical (unpaired) electrons. The van der Waals surface area contributed by atoms with Crippen LogP contribution in [0.3, 0.4) is 0 Å². The Morgan fingerprint density at radius 1 is 1.04 bits per heavy atom. The summed E-state index contributed by atoms with van der Waals surface area (Å²) in [7, 11) is 0. The Kier molecular flexibility index (Phi) is 4.15. The van der Waals surface area contributed by atoms with Gasteiger partial charge in [0.2, 0.25) is 0 Å². The van der Waals surface area contributed by atoms with Crippen LogP contribution < -0.4 is 5.32 Å². The van der Waals surface area contributed by atoms with Crippen LogP contribution in [0, 0.1) is 0 Å². The normalized spacial score (nSPS) is 14.1. The molecule has 1 atom stereocenters. The number of anilines is 1. The average molecular weight is 309 g/mol. The molecular weight excluding hydrogens is 290 g/mol. The number of nitrogens with one attached hydrogen (secondary N) is 1. The van der Waals surface area contributed by atoms with E-state index in [9.17, 15) is 9.59 Å². The molecule has 1 amide bonds. The monoisotopic (exact) mass is 309 g/mol. The second kappa shape index (κ2) is 6.24. The molecule has 0 heterocycles. The number of carbonyl (C=O) groups excluding carboxylic acids is 1. The van der Waals surface area contributed by atoms with Crippen LogP contribution in [0.4, 0.5) is 5.69 Å². The molecule has 23 heavy (non-hydrogen) atoms. The summed E-state index contributed by atoms with van der Waals surface area (Å²) in [6.45, 7) is 1.64. The third kappa shape index (κ3) is 3.26. The highest BCUT2D eigenvalue weighted by molar-refractivity contribution is 6.04. The van der Waals surface area contributed by atoms with Crippen molar-refractivity contribution in [2.75, 3.05) is 5.32 Å². The lowest BCUT2D eigenvalue weighted by atomic mass is 10.0. The van der Waals surface area contributed by atoms with Crippen LogP contribution in [0.25, 0.3) is 0 Å². The standard InChI is InChI=1S/C19H19NO3/c1-12(19(22)23)13-7-9-17(10-8-13)20-18(21)16-6-5-14-3-2-4-15(14)11-16/h5-12H,2-4H2,1H3,(H,20,21)(H,22,23). The average Bonchev–Trinajstić information content (AvgIpc) is 3.02. The van der Waals surface area contributed by atoms with Crippen molar-refractivity contribution in [2.45, 2.75) is 32.1 Å². The summed E-state index contributed by atoms with van der Waals surface area (Å²) >= 11 is 0. The van der Waals surface area contributed by atoms with E-state index >= 15 is 0 Å². The number of fused-ring (bicyclic) bond motifs is 1. The molecule has 2 aromatic carbocycles. The second-order valence-electron chi connectivity index (χ2n) is 5.97. The van der Waals surface area contributed by atoms with E-state index in [0.29, 0.717) is 16.8 Å². The molecule has 0 aliphatic heterocycles. The topological polar surface area (TPSA) is 66.4 Å². The molecule has 0 aromatic heterocycles. The summed E-state index contributed by atoms with van der Waals surface area (Å²) in [5, 5.41) is 11.9. The minimum Gasteiger partial charge on any atom is -0.481 e. The number of rotatable bonds is 4. The molecule has 118 valence electrons. The van der Waals surface area contributed by atoms with Crippen molar-refractivity contribution in [3.05, 3.63) is 64.7 Å². The van der Waals surface area contributed by atoms with Gasteiger partial charge in [-0.25, -0.2) is 0 Å². The molecule has 1 unspecified atom stereocenters. The zero-order valence-electron chi connectivity index (χ0n) is 13.0. The van der Waals surface area contributed by atoms with E-state index in [1.807, 2.05) is 18.2 Å². The first kappa shape index (κ1) is 15.3. The number of carboxylic acid groups (broad SMARTS) is 1. The van der Waals surface area contributed by atoms with E-state index < -0.39 is 11.9 Å². The van der Waals surface area contributed by atoms with Gasteiger partial charge in [-0.3, -0.25) is 9.59 Å². The Morgan fingerprint density at radius 3 is 2.43 bits per heavy atom. The Morgan fingerprint density at radius 2 is 1.74 bits per heavy atom. The molecule has 2 N–H and O–H groups in total. The van der Waals surface area contributed by atoms with Gasteiger partial charge in [0, 0.05) is 11.3 Å². The van der Waals surface area contributed by atoms with Gasteiger partial charge in [0.1, 0.15) is 0 Å². The number of aryl methyl sites for hydroxylation is 2. The third-order valence-electron chi connectivity index (χ3n) is 4.40. The minimum absolute atomic E-state index is 0.140. The van der Waals surface area contributed by atoms with Crippen molar-refractivity contribution in [2.24, 2.45) is 0 Å². The maximum atomic E-state index is 12.3. The van der Waals surface area contributed by atoms with Gasteiger partial charge in [0.05, 0.1) is 5.92 Å². The lowest BCUT2D eigenvalue weighted by Gasteiger charge is -2.10. The first-order chi connectivity index (χ1) is 11.0. The van der Waals surface area contributed by atoms with Crippen molar-refractivity contribution in [3.63, 3.8) is 0 Å². The maximum absolute atomic E-state index is 12.3. The molecule has 0 spiro atoms. The van der Waals surface area contributed by atoms with E-state index in [0.717, 1.165) is 19.3 Å². The molecule has 0 saturated carbocycles. The zero-order valence-corrected chi connectivity index (χ0v) is 13.0. The number of hydrogen-bond acceptors (Lipinski definition) is 2. The summed E-state index contributed by atoms with van der Waals surface area (Å²) in [4.78, 5) is 23.3. The van der Waals surface area contributed by atoms with Crippen molar-refractivity contribution >= 4 is 17.6 Å². The van der Waals surface area contributed by atoms with Gasteiger partial charge < -0.3 is 10.4 Å². The smallest absolute Gasteiger partial charge is 0.310 e. The van der Waals surface area contributed by atoms with Gasteiger partial charge in [-0.15, -0.1) is 0 Å². The highest BCUT2D eigenvalue weighted by Gasteiger charge is 2.15. The van der Waals surface area contributed by atoms with Crippen LogP contribution in [-0.4, -0.2) is 17.0 Å². The van der Waals surface area contributed by atoms with Crippen molar-refractivity contribution in [1.82, 2.24) is 0 Å². The van der Waals surface area contributed by atoms with Crippen LogP contribution in [0.15, 0.2) is 42.5 Å². The minimum atomic E-state index is -0.861. The van der Waals surface area contributed by atoms with Crippen LogP contribution in [-0.2, 0) is 17.6 Å². The van der Waals surface area contributed by atoms with Gasteiger partial charge in [-0.05, 0) is 67.1 Å². The summed E-state index contributed by atoms with van der Waals surface area (Å²) in [6.07, 6.45) is 3.29. The maximum Gasteiger partial charge on any atom is 0.310 e. The fourth-order valence-corrected chi connectivity index (χ4v) is 2.91. The van der Waals surface area contributed by atoms with Gasteiger partial charge in [-0.2, -0.15) is 0 Å². The van der Waals surface area contributed by atoms with Crippen LogP contribution in [0.5, 0.6) is 0 Å². The van der Waals surface area contributed by atoms with E-state index in [1.165, 1.54) is 11.1 Å². The molecule has 1 aliphatic carbocycles. The van der Waals surface area contributed by atoms with Gasteiger partial charge >= 0.3 is 5.97 Å². The van der Waals surface area contributed by atoms with Gasteiger partial charge in [-0.1, -0.05) is 18.2 Å². The van der Waals surface area contributed by atoms with E-state index in [1.54, 1.807) is 31.2 Å². The summed E-state index contributed by atoms with van der Waals surface area (Å²) in [5.41, 5.74) is 4.65. The molecule has 4 heteroatoms. The van der Waals surface area contributed by atoms with Crippen molar-refractivity contribution < 1.29 is 14.7 Å². The third-order valence-corrected chi connectivity index (χ3v) is 4.40. The van der Waals surface area contributed by atoms with Crippen molar-refractivity contribution in [1.29, 1.82) is 0 Å². The Hall–Kier alpha value is -2.62. The first-order valence-corrected chi connectivity index (χ1v) is 7.80. The molecule has 2 aromatic rings. The lowest BCUT2D eigenvalue weighted by Crippen LogP contribution is -2.12. The van der Waals surface area contributed by atoms with Crippen LogP contribution in [0.2, 0.25) is 0 Å². The summed E-state index contributed by atoms with van der Waals surface area (Å²) < 4.78 is 0. The number of carbonyl (C=O) groups is 2. The Balaban J connectivity index is 1.71. The SMILES string of the molecule is CC(C(=O)O)c1ccc(NC(=O)c2ccc3c(c2)CCC3)cc1. The number of benzene rings is 2. The fraction of sp³-hybridized carbons (Fsp3) is 0.263. The molecule has 0 bridgehead atoms. The number of carboxylic acids is 1. The summed E-state index contributed by atoms with van der Waals surface area (Å²) in [6, 6.07) is 12.8. The van der Waals surface area contributed by atoms with Gasteiger partial charge in [0.15, 0.2) is 0 Å². The van der Waals surface area contributed by atoms with Crippen molar-refractivity contribution in [3.8, 4) is 0 Å². The van der Waals surface area contributed by atoms with E-state index in [2.05, 4.69) is 5.32 Å². The molecule has 1 aliphatic rings. The Labute approximate surface area is 135 Å². The number of amides is 1.